The van der Waals surface area contributed by atoms with E-state index in [4.69, 9.17) is 56.8 Å². The first kappa shape index (κ1) is 65.8. The van der Waals surface area contributed by atoms with Crippen LogP contribution in [-0.4, -0.2) is 112 Å². The Kier molecular flexibility index (Phi) is 18.9. The molecule has 4 saturated carbocycles. The maximum Gasteiger partial charge on any atom is 0.317 e. The van der Waals surface area contributed by atoms with E-state index < -0.39 is 78.7 Å². The van der Waals surface area contributed by atoms with Gasteiger partial charge < -0.3 is 56.8 Å². The van der Waals surface area contributed by atoms with E-state index >= 15 is 4.79 Å². The molecular formula is C74H103N3O13. The molecule has 90 heavy (non-hydrogen) atoms. The van der Waals surface area contributed by atoms with Gasteiger partial charge in [-0.25, -0.2) is 0 Å². The Labute approximate surface area is 535 Å². The lowest BCUT2D eigenvalue weighted by Crippen LogP contribution is -2.68. The van der Waals surface area contributed by atoms with E-state index in [0.717, 1.165) is 42.4 Å². The van der Waals surface area contributed by atoms with Crippen molar-refractivity contribution in [1.29, 1.82) is 0 Å². The van der Waals surface area contributed by atoms with E-state index in [1.54, 1.807) is 7.11 Å². The third kappa shape index (κ3) is 12.1. The quantitative estimate of drug-likeness (QED) is 0.0387. The number of hydrogen-bond donors (Lipinski definition) is 0. The molecule has 0 N–H and O–H groups in total. The number of carbonyl (C=O) groups excluding carboxylic acids is 1. The lowest BCUT2D eigenvalue weighted by atomic mass is 9.33. The largest absolute Gasteiger partial charge is 0.432 e. The Bertz CT molecular complexity index is 3030. The standard InChI is InChI=1S/C74H103N3O13/c1-45-31-33-71(10)56(69(45,6)7)32-34-72(11)57(71)30-29-51-52-37-68(4,5)35-36-74(52,58(79-13)38-73(51,72)12)67(78)88-66-61(46(2)59(76-77-75)53(85-66)42-80-39-48-23-17-14-18-24-48)87-65-63-62(89-70(8,9)90-63)55(44-84-65)86-64-47(3)60(82-41-50-27-21-16-22-28-50)54(43-83-64)81-40-49-25-19-15-20-26-49/h14-29,45-47,52-66H,30-44H2,1-13H3/t45-,46?,47?,52?,53-,54?,55?,56-,57?,58?,59?,60?,61?,62?,63?,64-,65-,66-,71?,72-,73+,74+/m0/s1. The highest BCUT2D eigenvalue weighted by molar-refractivity contribution is 5.80. The second-order valence-electron chi connectivity index (χ2n) is 31.1. The number of esters is 1. The molecule has 16 nitrogen and oxygen atoms in total. The molecule has 12 rings (SSSR count). The second kappa shape index (κ2) is 25.8. The number of hydrogen-bond acceptors (Lipinski definition) is 14. The number of carbonyl (C=O) groups is 1. The molecule has 22 atom stereocenters. The molecule has 4 aliphatic heterocycles. The summed E-state index contributed by atoms with van der Waals surface area (Å²) < 4.78 is 81.7. The maximum atomic E-state index is 16.4. The Hall–Kier alpha value is -4.26. The minimum atomic E-state index is -1.29. The summed E-state index contributed by atoms with van der Waals surface area (Å²) in [5.41, 5.74) is 13.9. The molecule has 4 saturated heterocycles. The van der Waals surface area contributed by atoms with Gasteiger partial charge in [0.05, 0.1) is 64.0 Å². The molecule has 3 aromatic carbocycles. The van der Waals surface area contributed by atoms with Crippen LogP contribution in [0.3, 0.4) is 0 Å². The zero-order valence-corrected chi connectivity index (χ0v) is 55.9. The molecule has 0 bridgehead atoms. The molecule has 0 radical (unpaired) electrons. The highest BCUT2D eigenvalue weighted by atomic mass is 16.8. The zero-order valence-electron chi connectivity index (χ0n) is 55.9. The predicted octanol–water partition coefficient (Wildman–Crippen LogP) is 14.7. The lowest BCUT2D eigenvalue weighted by Gasteiger charge is -2.72. The summed E-state index contributed by atoms with van der Waals surface area (Å²) in [4.78, 5) is 19.8. The number of rotatable bonds is 18. The van der Waals surface area contributed by atoms with E-state index in [9.17, 15) is 5.53 Å². The van der Waals surface area contributed by atoms with Crippen LogP contribution < -0.4 is 0 Å². The van der Waals surface area contributed by atoms with E-state index in [1.165, 1.54) is 24.8 Å². The van der Waals surface area contributed by atoms with Gasteiger partial charge in [0.15, 0.2) is 18.4 Å². The second-order valence-corrected chi connectivity index (χ2v) is 31.1. The molecule has 9 aliphatic rings. The van der Waals surface area contributed by atoms with Gasteiger partial charge >= 0.3 is 5.97 Å². The highest BCUT2D eigenvalue weighted by Gasteiger charge is 2.72. The van der Waals surface area contributed by atoms with Crippen molar-refractivity contribution in [1.82, 2.24) is 0 Å². The van der Waals surface area contributed by atoms with Gasteiger partial charge in [-0.1, -0.05) is 177 Å². The van der Waals surface area contributed by atoms with Crippen molar-refractivity contribution in [3.05, 3.63) is 130 Å². The number of methoxy groups -OCH3 is 1. The van der Waals surface area contributed by atoms with Gasteiger partial charge in [0, 0.05) is 17.9 Å². The smallest absolute Gasteiger partial charge is 0.317 e. The summed E-state index contributed by atoms with van der Waals surface area (Å²) in [7, 11) is 1.80. The van der Waals surface area contributed by atoms with Gasteiger partial charge in [0.25, 0.3) is 0 Å². The SMILES string of the molecule is COC1C[C@]2(C)C(=CCC3C4(C)CC[C@H](C)C(C)(C)[C@@H]4CC[C@@]32C)C2CC(C)(C)CC[C@]12C(=O)O[C@@H]1O[C@@H](COCc2ccccc2)C(N=[N+]=[N-])C(C)C1O[C@@H]1OCC(O[C@@H]2OCC(OCc3ccccc3)C(OCc3ccccc3)C2C)C2OC(C)(C)OC21. The van der Waals surface area contributed by atoms with Gasteiger partial charge in [0.1, 0.15) is 35.9 Å². The van der Waals surface area contributed by atoms with Crippen LogP contribution in [0.5, 0.6) is 0 Å². The summed E-state index contributed by atoms with van der Waals surface area (Å²) in [5.74, 6) is -0.615. The Balaban J connectivity index is 0.828. The van der Waals surface area contributed by atoms with Crippen LogP contribution in [-0.2, 0) is 81.5 Å². The first-order chi connectivity index (χ1) is 42.9. The molecule has 3 aromatic rings. The number of ether oxygens (including phenoxy) is 12. The third-order valence-corrected chi connectivity index (χ3v) is 24.8. The summed E-state index contributed by atoms with van der Waals surface area (Å²) >= 11 is 0. The zero-order chi connectivity index (χ0) is 63.6. The average molecular weight is 1240 g/mol. The number of benzene rings is 3. The van der Waals surface area contributed by atoms with E-state index in [2.05, 4.69) is 90.5 Å². The fourth-order valence-electron chi connectivity index (χ4n) is 19.3. The normalized spacial score (nSPS) is 42.3. The van der Waals surface area contributed by atoms with Crippen molar-refractivity contribution in [2.75, 3.05) is 26.9 Å². The summed E-state index contributed by atoms with van der Waals surface area (Å²) in [6.07, 6.45) is 3.12. The molecule has 4 heterocycles. The summed E-state index contributed by atoms with van der Waals surface area (Å²) in [5, 5.41) is 4.38. The van der Waals surface area contributed by atoms with E-state index in [0.29, 0.717) is 50.4 Å². The maximum absolute atomic E-state index is 16.4. The topological polar surface area (TPSA) is 177 Å². The number of allylic oxidation sites excluding steroid dienone is 2. The van der Waals surface area contributed by atoms with E-state index in [-0.39, 0.29) is 76.9 Å². The Morgan fingerprint density at radius 3 is 1.97 bits per heavy atom. The molecule has 0 spiro atoms. The first-order valence-electron chi connectivity index (χ1n) is 33.9. The van der Waals surface area contributed by atoms with Crippen molar-refractivity contribution >= 4 is 5.97 Å². The minimum Gasteiger partial charge on any atom is -0.432 e. The van der Waals surface area contributed by atoms with E-state index in [1.807, 2.05) is 99.6 Å². The lowest BCUT2D eigenvalue weighted by molar-refractivity contribution is -0.342. The van der Waals surface area contributed by atoms with Crippen LogP contribution in [0.25, 0.3) is 10.4 Å². The highest BCUT2D eigenvalue weighted by Crippen LogP contribution is 2.76. The third-order valence-electron chi connectivity index (χ3n) is 24.8. The van der Waals surface area contributed by atoms with Gasteiger partial charge in [-0.05, 0) is 151 Å². The van der Waals surface area contributed by atoms with Gasteiger partial charge in [-0.3, -0.25) is 4.79 Å². The average Bonchev–Trinajstić information content (AvgIpc) is 0.751. The van der Waals surface area contributed by atoms with Crippen molar-refractivity contribution in [3.63, 3.8) is 0 Å². The fourth-order valence-corrected chi connectivity index (χ4v) is 19.3. The van der Waals surface area contributed by atoms with Crippen molar-refractivity contribution < 1.29 is 61.6 Å². The van der Waals surface area contributed by atoms with Crippen LogP contribution >= 0.6 is 0 Å². The Morgan fingerprint density at radius 2 is 1.30 bits per heavy atom. The van der Waals surface area contributed by atoms with Crippen LogP contribution in [0, 0.1) is 68.0 Å². The van der Waals surface area contributed by atoms with Crippen LogP contribution in [0.15, 0.2) is 108 Å². The summed E-state index contributed by atoms with van der Waals surface area (Å²) in [6, 6.07) is 29.3. The van der Waals surface area contributed by atoms with Crippen LogP contribution in [0.4, 0.5) is 0 Å². The Morgan fingerprint density at radius 1 is 0.667 bits per heavy atom. The molecule has 0 amide bonds. The monoisotopic (exact) mass is 1240 g/mol. The molecule has 0 aromatic heterocycles. The number of nitrogens with zero attached hydrogens (tertiary/aromatic N) is 3. The van der Waals surface area contributed by atoms with Gasteiger partial charge in [-0.15, -0.1) is 0 Å². The fraction of sp³-hybridized carbons (Fsp3) is 0.716. The summed E-state index contributed by atoms with van der Waals surface area (Å²) in [6.45, 7) is 29.2. The molecule has 16 heteroatoms. The minimum absolute atomic E-state index is 0.0122. The van der Waals surface area contributed by atoms with Gasteiger partial charge in [-0.2, -0.15) is 0 Å². The first-order valence-corrected chi connectivity index (χ1v) is 33.9. The van der Waals surface area contributed by atoms with Crippen molar-refractivity contribution in [3.8, 4) is 0 Å². The van der Waals surface area contributed by atoms with Crippen molar-refractivity contribution in [2.24, 2.45) is 73.1 Å². The van der Waals surface area contributed by atoms with Crippen LogP contribution in [0.1, 0.15) is 158 Å². The molecule has 492 valence electrons. The predicted molar refractivity (Wildman–Crippen MR) is 340 cm³/mol. The number of azide groups is 1. The molecule has 5 aliphatic carbocycles. The van der Waals surface area contributed by atoms with Crippen LogP contribution in [0.2, 0.25) is 0 Å². The molecule has 8 fully saturated rings. The van der Waals surface area contributed by atoms with Gasteiger partial charge in [0.2, 0.25) is 6.29 Å². The number of fused-ring (bicyclic) bond motifs is 8. The molecular weight excluding hydrogens is 1140 g/mol. The van der Waals surface area contributed by atoms with Crippen molar-refractivity contribution in [2.45, 2.75) is 240 Å². The molecule has 13 unspecified atom stereocenters.